The van der Waals surface area contributed by atoms with Crippen molar-refractivity contribution in [2.75, 3.05) is 20.1 Å². The van der Waals surface area contributed by atoms with Gasteiger partial charge >= 0.3 is 0 Å². The molecule has 1 aromatic heterocycles. The number of piperidine rings is 1. The van der Waals surface area contributed by atoms with E-state index in [-0.39, 0.29) is 18.3 Å². The molecule has 0 atom stereocenters. The quantitative estimate of drug-likeness (QED) is 0.802. The maximum Gasteiger partial charge on any atom is 0.222 e. The molecule has 1 aliphatic heterocycles. The van der Waals surface area contributed by atoms with Gasteiger partial charge in [-0.25, -0.2) is 0 Å². The molecule has 0 unspecified atom stereocenters. The Bertz CT molecular complexity index is 779. The van der Waals surface area contributed by atoms with E-state index in [1.165, 1.54) is 22.4 Å². The van der Waals surface area contributed by atoms with Crippen LogP contribution < -0.4 is 5.32 Å². The summed E-state index contributed by atoms with van der Waals surface area (Å²) in [5.41, 5.74) is 5.94. The molecule has 1 N–H and O–H groups in total. The van der Waals surface area contributed by atoms with Gasteiger partial charge in [-0.3, -0.25) is 9.48 Å². The van der Waals surface area contributed by atoms with Gasteiger partial charge in [0.05, 0.1) is 12.2 Å². The fourth-order valence-corrected chi connectivity index (χ4v) is 3.92. The number of amides is 1. The van der Waals surface area contributed by atoms with Crippen LogP contribution in [-0.2, 0) is 17.8 Å². The lowest BCUT2D eigenvalue weighted by atomic mass is 10.0. The molecule has 5 nitrogen and oxygen atoms in total. The van der Waals surface area contributed by atoms with Crippen molar-refractivity contribution in [2.24, 2.45) is 0 Å². The van der Waals surface area contributed by atoms with Crippen LogP contribution in [0.3, 0.4) is 0 Å². The van der Waals surface area contributed by atoms with Gasteiger partial charge in [0, 0.05) is 25.2 Å². The number of aromatic nitrogens is 2. The summed E-state index contributed by atoms with van der Waals surface area (Å²) in [4.78, 5) is 14.6. The lowest BCUT2D eigenvalue weighted by molar-refractivity contribution is -0.132. The van der Waals surface area contributed by atoms with Gasteiger partial charge in [0.1, 0.15) is 0 Å². The highest BCUT2D eigenvalue weighted by molar-refractivity contribution is 5.85. The van der Waals surface area contributed by atoms with Gasteiger partial charge in [0.2, 0.25) is 5.91 Å². The molecule has 2 heterocycles. The largest absolute Gasteiger partial charge is 0.343 e. The third-order valence-corrected chi connectivity index (χ3v) is 5.82. The zero-order valence-electron chi connectivity index (χ0n) is 17.5. The van der Waals surface area contributed by atoms with E-state index in [1.807, 2.05) is 11.9 Å². The first-order valence-electron chi connectivity index (χ1n) is 10.0. The van der Waals surface area contributed by atoms with E-state index in [4.69, 9.17) is 5.10 Å². The first-order chi connectivity index (χ1) is 13.0. The molecule has 1 amide bonds. The summed E-state index contributed by atoms with van der Waals surface area (Å²) in [5.74, 6) is 0.243. The second kappa shape index (κ2) is 10.1. The van der Waals surface area contributed by atoms with Crippen LogP contribution in [0, 0.1) is 20.8 Å². The fourth-order valence-electron chi connectivity index (χ4n) is 3.92. The molecule has 0 radical (unpaired) electrons. The van der Waals surface area contributed by atoms with E-state index in [0.29, 0.717) is 12.5 Å². The predicted octanol–water partition coefficient (Wildman–Crippen LogP) is 3.42. The van der Waals surface area contributed by atoms with Gasteiger partial charge < -0.3 is 10.2 Å². The second-order valence-corrected chi connectivity index (χ2v) is 7.78. The summed E-state index contributed by atoms with van der Waals surface area (Å²) < 4.78 is 2.07. The lowest BCUT2D eigenvalue weighted by Crippen LogP contribution is -2.44. The SMILES string of the molecule is Cc1ccc(Cn2nc(C)c(CCC(=O)N(C)C3CCNCC3)c2C)cc1.Cl. The molecule has 1 fully saturated rings. The Kier molecular flexibility index (Phi) is 8.08. The van der Waals surface area contributed by atoms with Gasteiger partial charge in [-0.1, -0.05) is 29.8 Å². The van der Waals surface area contributed by atoms with Crippen molar-refractivity contribution in [2.45, 2.75) is 59.0 Å². The minimum Gasteiger partial charge on any atom is -0.343 e. The average Bonchev–Trinajstić information content (AvgIpc) is 2.94. The fraction of sp³-hybridized carbons (Fsp3) is 0.545. The van der Waals surface area contributed by atoms with Crippen LogP contribution in [0.25, 0.3) is 0 Å². The highest BCUT2D eigenvalue weighted by atomic mass is 35.5. The molecule has 1 aliphatic rings. The summed E-state index contributed by atoms with van der Waals surface area (Å²) in [6.07, 6.45) is 3.42. The van der Waals surface area contributed by atoms with Gasteiger partial charge in [-0.2, -0.15) is 5.10 Å². The van der Waals surface area contributed by atoms with Crippen LogP contribution >= 0.6 is 12.4 Å². The van der Waals surface area contributed by atoms with Crippen LogP contribution in [-0.4, -0.2) is 46.8 Å². The van der Waals surface area contributed by atoms with Crippen molar-refractivity contribution in [3.63, 3.8) is 0 Å². The van der Waals surface area contributed by atoms with E-state index in [9.17, 15) is 4.79 Å². The van der Waals surface area contributed by atoms with Gasteiger partial charge in [0.25, 0.3) is 0 Å². The number of carbonyl (C=O) groups is 1. The van der Waals surface area contributed by atoms with Gasteiger partial charge in [0.15, 0.2) is 0 Å². The topological polar surface area (TPSA) is 50.2 Å². The Morgan fingerprint density at radius 3 is 2.46 bits per heavy atom. The average molecular weight is 405 g/mol. The van der Waals surface area contributed by atoms with Crippen molar-refractivity contribution < 1.29 is 4.79 Å². The standard InChI is InChI=1S/C22H32N4O.ClH/c1-16-5-7-19(8-6-16)15-26-18(3)21(17(2)24-26)9-10-22(27)25(4)20-11-13-23-14-12-20;/h5-8,20,23H,9-15H2,1-4H3;1H. The second-order valence-electron chi connectivity index (χ2n) is 7.78. The van der Waals surface area contributed by atoms with Crippen molar-refractivity contribution in [1.29, 1.82) is 0 Å². The van der Waals surface area contributed by atoms with Crippen LogP contribution in [0.5, 0.6) is 0 Å². The summed E-state index contributed by atoms with van der Waals surface area (Å²) in [6, 6.07) is 8.96. The Morgan fingerprint density at radius 1 is 1.18 bits per heavy atom. The van der Waals surface area contributed by atoms with Crippen molar-refractivity contribution >= 4 is 18.3 Å². The molecule has 154 valence electrons. The monoisotopic (exact) mass is 404 g/mol. The first-order valence-corrected chi connectivity index (χ1v) is 10.0. The van der Waals surface area contributed by atoms with Crippen LogP contribution in [0.2, 0.25) is 0 Å². The van der Waals surface area contributed by atoms with Crippen LogP contribution in [0.1, 0.15) is 47.3 Å². The normalized spacial score (nSPS) is 14.6. The van der Waals surface area contributed by atoms with E-state index in [2.05, 4.69) is 55.0 Å². The molecule has 1 saturated heterocycles. The lowest BCUT2D eigenvalue weighted by Gasteiger charge is -2.31. The van der Waals surface area contributed by atoms with Crippen molar-refractivity contribution in [1.82, 2.24) is 20.0 Å². The number of hydrogen-bond acceptors (Lipinski definition) is 3. The molecule has 6 heteroatoms. The predicted molar refractivity (Wildman–Crippen MR) is 116 cm³/mol. The molecule has 0 saturated carbocycles. The summed E-state index contributed by atoms with van der Waals surface area (Å²) in [7, 11) is 1.96. The molecule has 0 spiro atoms. The van der Waals surface area contributed by atoms with Crippen LogP contribution in [0.15, 0.2) is 24.3 Å². The number of nitrogens with zero attached hydrogens (tertiary/aromatic N) is 3. The highest BCUT2D eigenvalue weighted by Crippen LogP contribution is 2.18. The smallest absolute Gasteiger partial charge is 0.222 e. The summed E-state index contributed by atoms with van der Waals surface area (Å²) in [5, 5.41) is 8.08. The van der Waals surface area contributed by atoms with E-state index < -0.39 is 0 Å². The Balaban J connectivity index is 0.00000280. The minimum absolute atomic E-state index is 0. The number of halogens is 1. The number of rotatable bonds is 6. The highest BCUT2D eigenvalue weighted by Gasteiger charge is 2.22. The van der Waals surface area contributed by atoms with E-state index in [0.717, 1.165) is 44.6 Å². The Hall–Kier alpha value is -1.85. The summed E-state index contributed by atoms with van der Waals surface area (Å²) in [6.45, 7) is 9.05. The number of hydrogen-bond donors (Lipinski definition) is 1. The Morgan fingerprint density at radius 2 is 1.82 bits per heavy atom. The van der Waals surface area contributed by atoms with Crippen molar-refractivity contribution in [3.8, 4) is 0 Å². The third-order valence-electron chi connectivity index (χ3n) is 5.82. The number of aryl methyl sites for hydroxylation is 2. The van der Waals surface area contributed by atoms with Crippen molar-refractivity contribution in [3.05, 3.63) is 52.3 Å². The van der Waals surface area contributed by atoms with E-state index in [1.54, 1.807) is 0 Å². The van der Waals surface area contributed by atoms with Crippen LogP contribution in [0.4, 0.5) is 0 Å². The molecule has 0 aliphatic carbocycles. The maximum atomic E-state index is 12.6. The minimum atomic E-state index is 0. The molecule has 2 aromatic rings. The van der Waals surface area contributed by atoms with E-state index >= 15 is 0 Å². The third kappa shape index (κ3) is 5.36. The zero-order valence-corrected chi connectivity index (χ0v) is 18.3. The molecule has 0 bridgehead atoms. The molecular weight excluding hydrogens is 372 g/mol. The maximum absolute atomic E-state index is 12.6. The number of nitrogens with one attached hydrogen (secondary N) is 1. The molecule has 28 heavy (non-hydrogen) atoms. The molecule has 1 aromatic carbocycles. The number of carbonyl (C=O) groups excluding carboxylic acids is 1. The molecule has 3 rings (SSSR count). The van der Waals surface area contributed by atoms with Gasteiger partial charge in [-0.15, -0.1) is 12.4 Å². The Labute approximate surface area is 174 Å². The summed E-state index contributed by atoms with van der Waals surface area (Å²) >= 11 is 0. The van der Waals surface area contributed by atoms with Gasteiger partial charge in [-0.05, 0) is 64.3 Å². The number of benzene rings is 1. The molecular formula is C22H33ClN4O. The zero-order chi connectivity index (χ0) is 19.4. The first kappa shape index (κ1) is 22.4.